The van der Waals surface area contributed by atoms with Gasteiger partial charge in [0.2, 0.25) is 5.91 Å². The second-order valence-electron chi connectivity index (χ2n) is 8.10. The van der Waals surface area contributed by atoms with E-state index in [4.69, 9.17) is 21.1 Å². The molecule has 2 atom stereocenters. The predicted octanol–water partition coefficient (Wildman–Crippen LogP) is 4.18. The number of hydrogen-bond donors (Lipinski definition) is 1. The number of nitrogens with one attached hydrogen (secondary N) is 1. The van der Waals surface area contributed by atoms with Crippen molar-refractivity contribution >= 4 is 23.6 Å². The molecule has 0 spiro atoms. The largest absolute Gasteiger partial charge is 0.444 e. The Bertz CT molecular complexity index is 675. The number of piperidine rings is 1. The van der Waals surface area contributed by atoms with E-state index in [1.54, 1.807) is 11.9 Å². The van der Waals surface area contributed by atoms with E-state index in [0.29, 0.717) is 24.7 Å². The van der Waals surface area contributed by atoms with Gasteiger partial charge in [-0.2, -0.15) is 0 Å². The van der Waals surface area contributed by atoms with Gasteiger partial charge in [-0.3, -0.25) is 4.79 Å². The number of carbonyl (C=O) groups is 2. The van der Waals surface area contributed by atoms with Gasteiger partial charge in [0, 0.05) is 37.5 Å². The van der Waals surface area contributed by atoms with Crippen LogP contribution in [-0.2, 0) is 14.3 Å². The molecule has 2 amide bonds. The third-order valence-electron chi connectivity index (χ3n) is 4.62. The Labute approximate surface area is 172 Å². The molecule has 1 aliphatic rings. The Balaban J connectivity index is 2.12. The van der Waals surface area contributed by atoms with Crippen molar-refractivity contribution in [2.24, 2.45) is 5.92 Å². The third kappa shape index (κ3) is 6.99. The number of hydrogen-bond acceptors (Lipinski definition) is 4. The van der Waals surface area contributed by atoms with Crippen molar-refractivity contribution in [1.82, 2.24) is 10.2 Å². The molecule has 1 fully saturated rings. The van der Waals surface area contributed by atoms with E-state index in [0.717, 1.165) is 18.4 Å². The molecule has 1 N–H and O–H groups in total. The van der Waals surface area contributed by atoms with Crippen molar-refractivity contribution in [3.05, 3.63) is 34.9 Å². The van der Waals surface area contributed by atoms with Crippen LogP contribution in [0.1, 0.15) is 51.7 Å². The molecule has 0 bridgehead atoms. The van der Waals surface area contributed by atoms with E-state index in [-0.39, 0.29) is 30.4 Å². The van der Waals surface area contributed by atoms with Crippen LogP contribution in [0.25, 0.3) is 0 Å². The lowest BCUT2D eigenvalue weighted by Crippen LogP contribution is -2.44. The number of likely N-dealkylation sites (tertiary alicyclic amines) is 1. The second kappa shape index (κ2) is 10.1. The zero-order chi connectivity index (χ0) is 20.7. The second-order valence-corrected chi connectivity index (χ2v) is 8.53. The standard InChI is InChI=1S/C21H31ClN2O4/c1-21(2,3)28-20(26)24-11-6-8-16(14-24)19(27-12-10-18(25)23-4)15-7-5-9-17(22)13-15/h5,7,9,13,16,19H,6,8,10-12,14H2,1-4H3,(H,23,25)/t16?,19-/m0/s1. The van der Waals surface area contributed by atoms with Gasteiger partial charge in [0.1, 0.15) is 5.60 Å². The molecule has 0 aliphatic carbocycles. The predicted molar refractivity (Wildman–Crippen MR) is 109 cm³/mol. The molecule has 2 rings (SSSR count). The van der Waals surface area contributed by atoms with Crippen molar-refractivity contribution in [2.75, 3.05) is 26.7 Å². The summed E-state index contributed by atoms with van der Waals surface area (Å²) in [6, 6.07) is 7.57. The molecule has 1 unspecified atom stereocenters. The highest BCUT2D eigenvalue weighted by Crippen LogP contribution is 2.34. The Hall–Kier alpha value is -1.79. The number of ether oxygens (including phenoxy) is 2. The number of amides is 2. The van der Waals surface area contributed by atoms with Gasteiger partial charge in [-0.15, -0.1) is 0 Å². The van der Waals surface area contributed by atoms with Crippen molar-refractivity contribution < 1.29 is 19.1 Å². The summed E-state index contributed by atoms with van der Waals surface area (Å²) in [5.74, 6) is 0.0355. The summed E-state index contributed by atoms with van der Waals surface area (Å²) >= 11 is 6.18. The topological polar surface area (TPSA) is 67.9 Å². The van der Waals surface area contributed by atoms with E-state index >= 15 is 0 Å². The van der Waals surface area contributed by atoms with Crippen LogP contribution < -0.4 is 5.32 Å². The molecule has 6 nitrogen and oxygen atoms in total. The van der Waals surface area contributed by atoms with Crippen LogP contribution in [-0.4, -0.2) is 49.2 Å². The summed E-state index contributed by atoms with van der Waals surface area (Å²) < 4.78 is 11.7. The van der Waals surface area contributed by atoms with Crippen molar-refractivity contribution in [1.29, 1.82) is 0 Å². The number of benzene rings is 1. The van der Waals surface area contributed by atoms with Crippen LogP contribution >= 0.6 is 11.6 Å². The van der Waals surface area contributed by atoms with Crippen LogP contribution in [0.5, 0.6) is 0 Å². The Kier molecular flexibility index (Phi) is 8.13. The van der Waals surface area contributed by atoms with Gasteiger partial charge >= 0.3 is 6.09 Å². The van der Waals surface area contributed by atoms with Gasteiger partial charge in [0.25, 0.3) is 0 Å². The molecule has 156 valence electrons. The van der Waals surface area contributed by atoms with Crippen LogP contribution in [0.4, 0.5) is 4.79 Å². The minimum absolute atomic E-state index is 0.0659. The number of rotatable bonds is 6. The lowest BCUT2D eigenvalue weighted by atomic mass is 9.88. The molecular formula is C21H31ClN2O4. The first-order chi connectivity index (χ1) is 13.2. The normalized spacial score (nSPS) is 18.5. The zero-order valence-corrected chi connectivity index (χ0v) is 17.9. The van der Waals surface area contributed by atoms with E-state index in [1.165, 1.54) is 0 Å². The average Bonchev–Trinajstić information content (AvgIpc) is 2.63. The fourth-order valence-corrected chi connectivity index (χ4v) is 3.54. The van der Waals surface area contributed by atoms with Gasteiger partial charge in [0.05, 0.1) is 12.7 Å². The highest BCUT2D eigenvalue weighted by molar-refractivity contribution is 6.30. The first kappa shape index (κ1) is 22.5. The Morgan fingerprint density at radius 3 is 2.75 bits per heavy atom. The van der Waals surface area contributed by atoms with Crippen LogP contribution in [0.15, 0.2) is 24.3 Å². The van der Waals surface area contributed by atoms with Crippen LogP contribution in [0.3, 0.4) is 0 Å². The summed E-state index contributed by atoms with van der Waals surface area (Å²) in [6.45, 7) is 7.12. The monoisotopic (exact) mass is 410 g/mol. The van der Waals surface area contributed by atoms with E-state index in [9.17, 15) is 9.59 Å². The van der Waals surface area contributed by atoms with Gasteiger partial charge in [-0.05, 0) is 51.3 Å². The average molecular weight is 411 g/mol. The quantitative estimate of drug-likeness (QED) is 0.763. The maximum Gasteiger partial charge on any atom is 0.410 e. The Morgan fingerprint density at radius 2 is 2.11 bits per heavy atom. The zero-order valence-electron chi connectivity index (χ0n) is 17.2. The SMILES string of the molecule is CNC(=O)CCO[C@@H](c1cccc(Cl)c1)C1CCCN(C(=O)OC(C)(C)C)C1. The fourth-order valence-electron chi connectivity index (χ4n) is 3.34. The molecule has 0 radical (unpaired) electrons. The fraction of sp³-hybridized carbons (Fsp3) is 0.619. The van der Waals surface area contributed by atoms with E-state index in [1.807, 2.05) is 45.0 Å². The summed E-state index contributed by atoms with van der Waals surface area (Å²) in [5.41, 5.74) is 0.431. The first-order valence-corrected chi connectivity index (χ1v) is 10.1. The summed E-state index contributed by atoms with van der Waals surface area (Å²) in [7, 11) is 1.61. The van der Waals surface area contributed by atoms with Crippen molar-refractivity contribution in [3.63, 3.8) is 0 Å². The molecule has 7 heteroatoms. The number of halogens is 1. The molecule has 1 heterocycles. The minimum Gasteiger partial charge on any atom is -0.444 e. The molecular weight excluding hydrogens is 380 g/mol. The van der Waals surface area contributed by atoms with Crippen molar-refractivity contribution in [2.45, 2.75) is 51.7 Å². The summed E-state index contributed by atoms with van der Waals surface area (Å²) in [4.78, 5) is 25.8. The summed E-state index contributed by atoms with van der Waals surface area (Å²) in [5, 5.41) is 3.24. The van der Waals surface area contributed by atoms with Crippen molar-refractivity contribution in [3.8, 4) is 0 Å². The van der Waals surface area contributed by atoms with Crippen LogP contribution in [0.2, 0.25) is 5.02 Å². The van der Waals surface area contributed by atoms with Gasteiger partial charge in [0.15, 0.2) is 0 Å². The minimum atomic E-state index is -0.527. The van der Waals surface area contributed by atoms with Gasteiger partial charge in [-0.1, -0.05) is 23.7 Å². The first-order valence-electron chi connectivity index (χ1n) is 9.75. The molecule has 0 aromatic heterocycles. The molecule has 1 saturated heterocycles. The maximum atomic E-state index is 12.5. The number of carbonyl (C=O) groups excluding carboxylic acids is 2. The smallest absolute Gasteiger partial charge is 0.410 e. The summed E-state index contributed by atoms with van der Waals surface area (Å²) in [6.07, 6.45) is 1.55. The van der Waals surface area contributed by atoms with Crippen LogP contribution in [0, 0.1) is 5.92 Å². The highest BCUT2D eigenvalue weighted by Gasteiger charge is 2.33. The molecule has 1 aromatic rings. The lowest BCUT2D eigenvalue weighted by molar-refractivity contribution is -0.122. The van der Waals surface area contributed by atoms with E-state index < -0.39 is 5.60 Å². The lowest BCUT2D eigenvalue weighted by Gasteiger charge is -2.37. The molecule has 28 heavy (non-hydrogen) atoms. The highest BCUT2D eigenvalue weighted by atomic mass is 35.5. The molecule has 0 saturated carbocycles. The van der Waals surface area contributed by atoms with Gasteiger partial charge in [-0.25, -0.2) is 4.79 Å². The number of nitrogens with zero attached hydrogens (tertiary/aromatic N) is 1. The Morgan fingerprint density at radius 1 is 1.36 bits per heavy atom. The maximum absolute atomic E-state index is 12.5. The van der Waals surface area contributed by atoms with E-state index in [2.05, 4.69) is 5.32 Å². The third-order valence-corrected chi connectivity index (χ3v) is 4.86. The molecule has 1 aromatic carbocycles. The molecule has 1 aliphatic heterocycles. The van der Waals surface area contributed by atoms with Gasteiger partial charge < -0.3 is 19.7 Å².